The van der Waals surface area contributed by atoms with Gasteiger partial charge in [-0.15, -0.1) is 11.3 Å². The van der Waals surface area contributed by atoms with Crippen molar-refractivity contribution < 1.29 is 28.2 Å². The number of carbonyl (C=O) groups is 2. The number of hydrogen-bond donors (Lipinski definition) is 3. The fourth-order valence-corrected chi connectivity index (χ4v) is 5.16. The SMILES string of the molecule is O=C(O)c1ccc(S(=O)(=O)NC2(C(=O)O)CC2c2ccccc2)s1. The van der Waals surface area contributed by atoms with E-state index < -0.39 is 33.4 Å². The second-order valence-corrected chi connectivity index (χ2v) is 8.47. The zero-order valence-corrected chi connectivity index (χ0v) is 13.8. The lowest BCUT2D eigenvalue weighted by molar-refractivity contribution is -0.140. The molecule has 0 saturated heterocycles. The molecule has 1 aromatic carbocycles. The first kappa shape index (κ1) is 16.6. The van der Waals surface area contributed by atoms with Gasteiger partial charge in [-0.2, -0.15) is 4.72 Å². The molecule has 24 heavy (non-hydrogen) atoms. The molecule has 7 nitrogen and oxygen atoms in total. The summed E-state index contributed by atoms with van der Waals surface area (Å²) >= 11 is 0.582. The lowest BCUT2D eigenvalue weighted by Crippen LogP contribution is -2.44. The molecule has 126 valence electrons. The summed E-state index contributed by atoms with van der Waals surface area (Å²) < 4.78 is 26.9. The van der Waals surface area contributed by atoms with E-state index in [0.717, 1.165) is 11.6 Å². The highest BCUT2D eigenvalue weighted by molar-refractivity contribution is 7.91. The molecule has 0 bridgehead atoms. The van der Waals surface area contributed by atoms with Crippen LogP contribution < -0.4 is 4.72 Å². The molecular formula is C15H13NO6S2. The van der Waals surface area contributed by atoms with Crippen LogP contribution in [0.1, 0.15) is 27.6 Å². The monoisotopic (exact) mass is 367 g/mol. The summed E-state index contributed by atoms with van der Waals surface area (Å²) in [5.41, 5.74) is -0.867. The summed E-state index contributed by atoms with van der Waals surface area (Å²) in [5, 5.41) is 18.4. The van der Waals surface area contributed by atoms with E-state index in [0.29, 0.717) is 11.3 Å². The lowest BCUT2D eigenvalue weighted by atomic mass is 10.1. The largest absolute Gasteiger partial charge is 0.480 e. The molecular weight excluding hydrogens is 354 g/mol. The van der Waals surface area contributed by atoms with Gasteiger partial charge < -0.3 is 10.2 Å². The fraction of sp³-hybridized carbons (Fsp3) is 0.200. The van der Waals surface area contributed by atoms with E-state index in [4.69, 9.17) is 5.11 Å². The Labute approximate surface area is 141 Å². The summed E-state index contributed by atoms with van der Waals surface area (Å²) in [7, 11) is -4.13. The smallest absolute Gasteiger partial charge is 0.345 e. The topological polar surface area (TPSA) is 121 Å². The van der Waals surface area contributed by atoms with E-state index in [9.17, 15) is 23.1 Å². The zero-order chi connectivity index (χ0) is 17.5. The van der Waals surface area contributed by atoms with Gasteiger partial charge in [0.2, 0.25) is 0 Å². The maximum atomic E-state index is 12.4. The molecule has 2 aromatic rings. The average molecular weight is 367 g/mol. The van der Waals surface area contributed by atoms with Gasteiger partial charge in [-0.25, -0.2) is 13.2 Å². The second kappa shape index (κ2) is 5.69. The standard InChI is InChI=1S/C15H13NO6S2/c17-13(18)11-6-7-12(23-11)24(21,22)16-15(14(19)20)8-10(15)9-4-2-1-3-5-9/h1-7,10,16H,8H2,(H,17,18)(H,19,20). The summed E-state index contributed by atoms with van der Waals surface area (Å²) in [6, 6.07) is 11.1. The maximum absolute atomic E-state index is 12.4. The van der Waals surface area contributed by atoms with Crippen LogP contribution in [-0.4, -0.2) is 36.1 Å². The third kappa shape index (κ3) is 2.81. The van der Waals surface area contributed by atoms with Crippen molar-refractivity contribution >= 4 is 33.3 Å². The number of aromatic carboxylic acids is 1. The van der Waals surface area contributed by atoms with Gasteiger partial charge in [0.05, 0.1) is 0 Å². The van der Waals surface area contributed by atoms with Crippen molar-refractivity contribution in [1.82, 2.24) is 4.72 Å². The number of benzene rings is 1. The van der Waals surface area contributed by atoms with E-state index in [1.54, 1.807) is 30.3 Å². The van der Waals surface area contributed by atoms with Crippen molar-refractivity contribution in [1.29, 1.82) is 0 Å². The van der Waals surface area contributed by atoms with Crippen LogP contribution in [0.4, 0.5) is 0 Å². The van der Waals surface area contributed by atoms with Gasteiger partial charge in [0.15, 0.2) is 0 Å². The minimum absolute atomic E-state index is 0.129. The Morgan fingerprint density at radius 2 is 1.79 bits per heavy atom. The van der Waals surface area contributed by atoms with Gasteiger partial charge in [0, 0.05) is 5.92 Å². The minimum Gasteiger partial charge on any atom is -0.480 e. The van der Waals surface area contributed by atoms with E-state index in [1.165, 1.54) is 6.07 Å². The molecule has 1 aliphatic carbocycles. The highest BCUT2D eigenvalue weighted by Crippen LogP contribution is 2.52. The van der Waals surface area contributed by atoms with Crippen molar-refractivity contribution in [3.8, 4) is 0 Å². The normalized spacial score (nSPS) is 22.9. The first-order chi connectivity index (χ1) is 11.3. The summed E-state index contributed by atoms with van der Waals surface area (Å²) in [6.45, 7) is 0. The third-order valence-electron chi connectivity index (χ3n) is 3.92. The number of sulfonamides is 1. The number of rotatable bonds is 6. The van der Waals surface area contributed by atoms with E-state index in [1.807, 2.05) is 0 Å². The molecule has 0 radical (unpaired) electrons. The van der Waals surface area contributed by atoms with Crippen LogP contribution in [0.2, 0.25) is 0 Å². The van der Waals surface area contributed by atoms with Gasteiger partial charge in [0.25, 0.3) is 10.0 Å². The van der Waals surface area contributed by atoms with Gasteiger partial charge >= 0.3 is 11.9 Å². The van der Waals surface area contributed by atoms with E-state index in [-0.39, 0.29) is 15.5 Å². The summed E-state index contributed by atoms with van der Waals surface area (Å²) in [4.78, 5) is 22.4. The molecule has 2 atom stereocenters. The minimum atomic E-state index is -4.13. The number of thiophene rings is 1. The Morgan fingerprint density at radius 1 is 1.12 bits per heavy atom. The molecule has 1 aromatic heterocycles. The summed E-state index contributed by atoms with van der Waals surface area (Å²) in [5.74, 6) is -2.96. The van der Waals surface area contributed by atoms with Crippen molar-refractivity contribution in [3.63, 3.8) is 0 Å². The molecule has 3 rings (SSSR count). The molecule has 2 unspecified atom stereocenters. The molecule has 0 aliphatic heterocycles. The van der Waals surface area contributed by atoms with Crippen LogP contribution in [0, 0.1) is 0 Å². The van der Waals surface area contributed by atoms with Crippen molar-refractivity contribution in [2.75, 3.05) is 0 Å². The third-order valence-corrected chi connectivity index (χ3v) is 6.99. The molecule has 9 heteroatoms. The number of aliphatic carboxylic acids is 1. The number of carboxylic acids is 2. The molecule has 1 heterocycles. The fourth-order valence-electron chi connectivity index (χ4n) is 2.61. The van der Waals surface area contributed by atoms with E-state index >= 15 is 0 Å². The predicted octanol–water partition coefficient (Wildman–Crippen LogP) is 1.74. The molecule has 0 amide bonds. The Kier molecular flexibility index (Phi) is 3.94. The van der Waals surface area contributed by atoms with Crippen LogP contribution in [0.25, 0.3) is 0 Å². The summed E-state index contributed by atoms with van der Waals surface area (Å²) in [6.07, 6.45) is 0.142. The van der Waals surface area contributed by atoms with Crippen molar-refractivity contribution in [3.05, 3.63) is 52.9 Å². The number of hydrogen-bond acceptors (Lipinski definition) is 5. The number of nitrogens with one attached hydrogen (secondary N) is 1. The Morgan fingerprint density at radius 3 is 2.33 bits per heavy atom. The van der Waals surface area contributed by atoms with Crippen molar-refractivity contribution in [2.24, 2.45) is 0 Å². The first-order valence-electron chi connectivity index (χ1n) is 6.92. The zero-order valence-electron chi connectivity index (χ0n) is 12.2. The van der Waals surface area contributed by atoms with Gasteiger partial charge in [-0.05, 0) is 24.1 Å². The second-order valence-electron chi connectivity index (χ2n) is 5.47. The molecule has 0 spiro atoms. The van der Waals surface area contributed by atoms with Gasteiger partial charge in [0.1, 0.15) is 14.6 Å². The van der Waals surface area contributed by atoms with Gasteiger partial charge in [-0.3, -0.25) is 4.79 Å². The Balaban J connectivity index is 1.89. The molecule has 1 aliphatic rings. The molecule has 3 N–H and O–H groups in total. The lowest BCUT2D eigenvalue weighted by Gasteiger charge is -2.14. The van der Waals surface area contributed by atoms with Crippen LogP contribution in [0.5, 0.6) is 0 Å². The van der Waals surface area contributed by atoms with Crippen LogP contribution >= 0.6 is 11.3 Å². The Hall–Kier alpha value is -2.23. The van der Waals surface area contributed by atoms with Crippen LogP contribution in [0.3, 0.4) is 0 Å². The van der Waals surface area contributed by atoms with Crippen molar-refractivity contribution in [2.45, 2.75) is 22.1 Å². The van der Waals surface area contributed by atoms with Crippen LogP contribution in [-0.2, 0) is 14.8 Å². The maximum Gasteiger partial charge on any atom is 0.345 e. The number of carboxylic acid groups (broad SMARTS) is 2. The average Bonchev–Trinajstić information content (AvgIpc) is 3.02. The predicted molar refractivity (Wildman–Crippen MR) is 85.8 cm³/mol. The molecule has 1 fully saturated rings. The first-order valence-corrected chi connectivity index (χ1v) is 9.22. The quantitative estimate of drug-likeness (QED) is 0.715. The highest BCUT2D eigenvalue weighted by atomic mass is 32.2. The molecule has 1 saturated carbocycles. The van der Waals surface area contributed by atoms with Crippen LogP contribution in [0.15, 0.2) is 46.7 Å². The Bertz CT molecular complexity index is 905. The van der Waals surface area contributed by atoms with E-state index in [2.05, 4.69) is 4.72 Å². The van der Waals surface area contributed by atoms with Gasteiger partial charge in [-0.1, -0.05) is 30.3 Å². The highest BCUT2D eigenvalue weighted by Gasteiger charge is 2.63.